The molecule has 252 valence electrons. The van der Waals surface area contributed by atoms with E-state index in [-0.39, 0.29) is 12.1 Å². The number of aliphatic carboxylic acids is 1. The van der Waals surface area contributed by atoms with Crippen LogP contribution in [0.2, 0.25) is 0 Å². The van der Waals surface area contributed by atoms with Gasteiger partial charge in [-0.3, -0.25) is 14.1 Å². The van der Waals surface area contributed by atoms with E-state index in [9.17, 15) is 32.5 Å². The lowest BCUT2D eigenvalue weighted by Crippen LogP contribution is -2.55. The Kier molecular flexibility index (Phi) is 10.9. The standard InChI is InChI=1S/C27H45N9O8S/c1-27(2,3)44-26(40)30-20(16-45(41,42)43)21(37)29-19-8-14-36(15-9-19)25-32-23(34-10-4-17(5-11-34)22(38)39)31-24(33-25)35-12-6-18(28)7-13-35/h17-20H,4-16,28H2,1-3H3,(H,29,37)(H,30,40)(H,38,39)(H,41,42,43). The molecule has 3 aliphatic rings. The number of carboxylic acid groups (broad SMARTS) is 1. The quantitative estimate of drug-likeness (QED) is 0.220. The van der Waals surface area contributed by atoms with Crippen molar-refractivity contribution in [2.24, 2.45) is 11.7 Å². The number of amides is 2. The molecule has 0 aliphatic carbocycles. The topological polar surface area (TPSA) is 234 Å². The van der Waals surface area contributed by atoms with E-state index in [1.807, 2.05) is 9.80 Å². The van der Waals surface area contributed by atoms with E-state index in [4.69, 9.17) is 25.4 Å². The highest BCUT2D eigenvalue weighted by molar-refractivity contribution is 7.85. The molecule has 3 aliphatic heterocycles. The number of hydrogen-bond acceptors (Lipinski definition) is 13. The zero-order valence-electron chi connectivity index (χ0n) is 26.0. The van der Waals surface area contributed by atoms with Gasteiger partial charge in [0, 0.05) is 51.4 Å². The second-order valence-electron chi connectivity index (χ2n) is 12.9. The van der Waals surface area contributed by atoms with Crippen molar-refractivity contribution in [1.29, 1.82) is 0 Å². The largest absolute Gasteiger partial charge is 0.481 e. The molecule has 0 radical (unpaired) electrons. The van der Waals surface area contributed by atoms with E-state index in [1.54, 1.807) is 20.8 Å². The summed E-state index contributed by atoms with van der Waals surface area (Å²) in [6.45, 7) is 8.27. The highest BCUT2D eigenvalue weighted by atomic mass is 32.2. The lowest BCUT2D eigenvalue weighted by atomic mass is 9.97. The van der Waals surface area contributed by atoms with Crippen LogP contribution in [0.1, 0.15) is 59.3 Å². The molecule has 17 nitrogen and oxygen atoms in total. The van der Waals surface area contributed by atoms with Gasteiger partial charge in [0.15, 0.2) is 0 Å². The third kappa shape index (κ3) is 10.3. The Morgan fingerprint density at radius 2 is 1.33 bits per heavy atom. The number of alkyl carbamates (subject to hydrolysis) is 1. The van der Waals surface area contributed by atoms with Crippen LogP contribution in [0, 0.1) is 5.92 Å². The first-order valence-electron chi connectivity index (χ1n) is 15.3. The number of hydrogen-bond donors (Lipinski definition) is 5. The van der Waals surface area contributed by atoms with E-state index < -0.39 is 51.4 Å². The molecule has 4 heterocycles. The molecule has 2 amide bonds. The Morgan fingerprint density at radius 3 is 1.76 bits per heavy atom. The van der Waals surface area contributed by atoms with Crippen LogP contribution < -0.4 is 31.1 Å². The average molecular weight is 656 g/mol. The first-order chi connectivity index (χ1) is 21.1. The lowest BCUT2D eigenvalue weighted by Gasteiger charge is -2.36. The molecule has 4 rings (SSSR count). The van der Waals surface area contributed by atoms with E-state index in [2.05, 4.69) is 15.5 Å². The maximum atomic E-state index is 13.0. The SMILES string of the molecule is CC(C)(C)OC(=O)NC(CS(=O)(=O)O)C(=O)NC1CCN(c2nc(N3CCC(N)CC3)nc(N3CCC(C(=O)O)CC3)n2)CC1. The van der Waals surface area contributed by atoms with Crippen molar-refractivity contribution in [1.82, 2.24) is 25.6 Å². The number of nitrogens with zero attached hydrogens (tertiary/aromatic N) is 6. The third-order valence-corrected chi connectivity index (χ3v) is 8.81. The first-order valence-corrected chi connectivity index (χ1v) is 16.9. The number of carboxylic acids is 1. The molecule has 3 fully saturated rings. The zero-order chi connectivity index (χ0) is 32.9. The Balaban J connectivity index is 1.43. The summed E-state index contributed by atoms with van der Waals surface area (Å²) in [7, 11) is -4.59. The molecule has 3 saturated heterocycles. The lowest BCUT2D eigenvalue weighted by molar-refractivity contribution is -0.142. The monoisotopic (exact) mass is 655 g/mol. The van der Waals surface area contributed by atoms with Gasteiger partial charge < -0.3 is 40.9 Å². The number of ether oxygens (including phenoxy) is 1. The Bertz CT molecular complexity index is 1320. The van der Waals surface area contributed by atoms with Crippen LogP contribution in [0.3, 0.4) is 0 Å². The Morgan fingerprint density at radius 1 is 0.889 bits per heavy atom. The van der Waals surface area contributed by atoms with Crippen molar-refractivity contribution in [3.63, 3.8) is 0 Å². The molecule has 0 bridgehead atoms. The van der Waals surface area contributed by atoms with E-state index in [1.165, 1.54) is 0 Å². The van der Waals surface area contributed by atoms with Crippen molar-refractivity contribution in [3.05, 3.63) is 0 Å². The van der Waals surface area contributed by atoms with Crippen LogP contribution in [0.15, 0.2) is 0 Å². The number of anilines is 3. The molecule has 0 spiro atoms. The number of nitrogens with one attached hydrogen (secondary N) is 2. The minimum Gasteiger partial charge on any atom is -0.481 e. The fraction of sp³-hybridized carbons (Fsp3) is 0.778. The van der Waals surface area contributed by atoms with Gasteiger partial charge in [-0.1, -0.05) is 0 Å². The molecule has 1 aromatic heterocycles. The van der Waals surface area contributed by atoms with Crippen molar-refractivity contribution in [2.45, 2.75) is 83.0 Å². The molecule has 1 unspecified atom stereocenters. The van der Waals surface area contributed by atoms with Gasteiger partial charge in [-0.25, -0.2) is 4.79 Å². The fourth-order valence-electron chi connectivity index (χ4n) is 5.56. The summed E-state index contributed by atoms with van der Waals surface area (Å²) in [5.74, 6) is -1.43. The van der Waals surface area contributed by atoms with Crippen LogP contribution in [0.4, 0.5) is 22.6 Å². The number of carbonyl (C=O) groups is 3. The van der Waals surface area contributed by atoms with Crippen molar-refractivity contribution in [3.8, 4) is 0 Å². The van der Waals surface area contributed by atoms with Crippen LogP contribution in [-0.4, -0.2) is 120 Å². The third-order valence-electron chi connectivity index (χ3n) is 8.06. The normalized spacial score (nSPS) is 20.1. The number of piperidine rings is 3. The minimum atomic E-state index is -4.59. The smallest absolute Gasteiger partial charge is 0.408 e. The van der Waals surface area contributed by atoms with Crippen LogP contribution in [0.5, 0.6) is 0 Å². The Hall–Kier alpha value is -3.51. The molecule has 0 aromatic carbocycles. The maximum absolute atomic E-state index is 13.0. The van der Waals surface area contributed by atoms with Crippen molar-refractivity contribution >= 4 is 45.9 Å². The molecule has 6 N–H and O–H groups in total. The molecule has 0 saturated carbocycles. The number of nitrogens with two attached hydrogens (primary N) is 1. The van der Waals surface area contributed by atoms with Gasteiger partial charge in [-0.05, 0) is 59.3 Å². The summed E-state index contributed by atoms with van der Waals surface area (Å²) in [5.41, 5.74) is 5.23. The zero-order valence-corrected chi connectivity index (χ0v) is 26.8. The van der Waals surface area contributed by atoms with E-state index >= 15 is 0 Å². The highest BCUT2D eigenvalue weighted by Crippen LogP contribution is 2.27. The highest BCUT2D eigenvalue weighted by Gasteiger charge is 2.32. The molecular formula is C27H45N9O8S. The summed E-state index contributed by atoms with van der Waals surface area (Å²) in [6.07, 6.45) is 2.60. The predicted molar refractivity (Wildman–Crippen MR) is 165 cm³/mol. The second-order valence-corrected chi connectivity index (χ2v) is 14.4. The number of carbonyl (C=O) groups excluding carboxylic acids is 2. The molecule has 1 atom stereocenters. The molecule has 1 aromatic rings. The second kappa shape index (κ2) is 14.3. The minimum absolute atomic E-state index is 0.128. The predicted octanol–water partition coefficient (Wildman–Crippen LogP) is -0.0338. The first kappa shape index (κ1) is 34.4. The summed E-state index contributed by atoms with van der Waals surface area (Å²) in [6, 6.07) is -1.76. The number of rotatable bonds is 9. The Labute approximate surface area is 263 Å². The van der Waals surface area contributed by atoms with E-state index in [0.717, 1.165) is 12.8 Å². The van der Waals surface area contributed by atoms with Gasteiger partial charge in [-0.15, -0.1) is 0 Å². The summed E-state index contributed by atoms with van der Waals surface area (Å²) in [4.78, 5) is 57.1. The van der Waals surface area contributed by atoms with E-state index in [0.29, 0.717) is 82.8 Å². The maximum Gasteiger partial charge on any atom is 0.408 e. The van der Waals surface area contributed by atoms with Gasteiger partial charge in [0.2, 0.25) is 23.8 Å². The van der Waals surface area contributed by atoms with Gasteiger partial charge in [0.25, 0.3) is 10.1 Å². The van der Waals surface area contributed by atoms with Crippen LogP contribution >= 0.6 is 0 Å². The van der Waals surface area contributed by atoms with Gasteiger partial charge >= 0.3 is 12.1 Å². The van der Waals surface area contributed by atoms with Crippen molar-refractivity contribution < 1.29 is 37.2 Å². The van der Waals surface area contributed by atoms with Gasteiger partial charge in [-0.2, -0.15) is 23.4 Å². The fourth-order valence-corrected chi connectivity index (χ4v) is 6.22. The molecule has 45 heavy (non-hydrogen) atoms. The van der Waals surface area contributed by atoms with Gasteiger partial charge in [0.1, 0.15) is 17.4 Å². The summed E-state index contributed by atoms with van der Waals surface area (Å²) >= 11 is 0. The van der Waals surface area contributed by atoms with Crippen LogP contribution in [-0.2, 0) is 24.4 Å². The molecule has 18 heteroatoms. The molecular weight excluding hydrogens is 610 g/mol. The van der Waals surface area contributed by atoms with Crippen molar-refractivity contribution in [2.75, 3.05) is 59.7 Å². The average Bonchev–Trinajstić information content (AvgIpc) is 2.95. The van der Waals surface area contributed by atoms with Gasteiger partial charge in [0.05, 0.1) is 5.92 Å². The number of aromatic nitrogens is 3. The van der Waals surface area contributed by atoms with Crippen LogP contribution in [0.25, 0.3) is 0 Å². The summed E-state index contributed by atoms with van der Waals surface area (Å²) < 4.78 is 37.6. The summed E-state index contributed by atoms with van der Waals surface area (Å²) in [5, 5.41) is 14.4.